The van der Waals surface area contributed by atoms with E-state index in [-0.39, 0.29) is 0 Å². The van der Waals surface area contributed by atoms with Gasteiger partial charge >= 0.3 is 0 Å². The van der Waals surface area contributed by atoms with Crippen LogP contribution in [0.4, 0.5) is 0 Å². The Labute approximate surface area is 128 Å². The van der Waals surface area contributed by atoms with Crippen molar-refractivity contribution in [2.75, 3.05) is 0 Å². The molecule has 1 aromatic rings. The third-order valence-electron chi connectivity index (χ3n) is 5.77. The van der Waals surface area contributed by atoms with E-state index in [0.717, 1.165) is 41.4 Å². The van der Waals surface area contributed by atoms with Crippen LogP contribution in [0.5, 0.6) is 0 Å². The topological polar surface area (TPSA) is 17.1 Å². The Morgan fingerprint density at radius 1 is 1.00 bits per heavy atom. The molecular weight excluding hydrogens is 347 g/mol. The van der Waals surface area contributed by atoms with Gasteiger partial charge in [0.05, 0.1) is 0 Å². The molecule has 100 valence electrons. The fourth-order valence-electron chi connectivity index (χ4n) is 5.35. The minimum atomic E-state index is 0.736. The van der Waals surface area contributed by atoms with Gasteiger partial charge in [0.25, 0.3) is 0 Å². The molecule has 0 N–H and O–H groups in total. The van der Waals surface area contributed by atoms with Crippen LogP contribution in [-0.4, -0.2) is 6.29 Å². The van der Waals surface area contributed by atoms with Gasteiger partial charge < -0.3 is 0 Å². The SMILES string of the molecule is O=Cc1cccc(C2C3CC4CC(C3)CC2C4)c1I. The van der Waals surface area contributed by atoms with Crippen molar-refractivity contribution in [3.05, 3.63) is 32.9 Å². The molecule has 4 aliphatic rings. The molecule has 0 saturated heterocycles. The van der Waals surface area contributed by atoms with E-state index in [1.807, 2.05) is 6.07 Å². The number of hydrogen-bond acceptors (Lipinski definition) is 1. The van der Waals surface area contributed by atoms with Gasteiger partial charge in [-0.1, -0.05) is 18.2 Å². The van der Waals surface area contributed by atoms with Crippen LogP contribution in [0.1, 0.15) is 53.9 Å². The van der Waals surface area contributed by atoms with Crippen molar-refractivity contribution in [2.24, 2.45) is 23.7 Å². The summed E-state index contributed by atoms with van der Waals surface area (Å²) >= 11 is 2.39. The summed E-state index contributed by atoms with van der Waals surface area (Å²) < 4.78 is 1.22. The lowest BCUT2D eigenvalue weighted by atomic mass is 9.51. The molecule has 0 atom stereocenters. The Morgan fingerprint density at radius 2 is 1.63 bits per heavy atom. The molecule has 4 saturated carbocycles. The Bertz CT molecular complexity index is 494. The van der Waals surface area contributed by atoms with Crippen molar-refractivity contribution in [2.45, 2.75) is 38.0 Å². The molecule has 4 fully saturated rings. The Balaban J connectivity index is 1.75. The lowest BCUT2D eigenvalue weighted by Crippen LogP contribution is -2.44. The van der Waals surface area contributed by atoms with E-state index in [0.29, 0.717) is 0 Å². The van der Waals surface area contributed by atoms with Gasteiger partial charge in [-0.2, -0.15) is 0 Å². The van der Waals surface area contributed by atoms with Crippen LogP contribution >= 0.6 is 22.6 Å². The molecule has 0 aliphatic heterocycles. The van der Waals surface area contributed by atoms with E-state index >= 15 is 0 Å². The zero-order chi connectivity index (χ0) is 13.0. The van der Waals surface area contributed by atoms with Gasteiger partial charge in [-0.3, -0.25) is 4.79 Å². The van der Waals surface area contributed by atoms with Crippen molar-refractivity contribution >= 4 is 28.9 Å². The van der Waals surface area contributed by atoms with Gasteiger partial charge in [-0.15, -0.1) is 0 Å². The van der Waals surface area contributed by atoms with Crippen molar-refractivity contribution in [1.82, 2.24) is 0 Å². The maximum Gasteiger partial charge on any atom is 0.151 e. The van der Waals surface area contributed by atoms with Gasteiger partial charge in [0, 0.05) is 9.13 Å². The monoisotopic (exact) mass is 366 g/mol. The highest BCUT2D eigenvalue weighted by Crippen LogP contribution is 2.60. The first-order valence-electron chi connectivity index (χ1n) is 7.50. The zero-order valence-electron chi connectivity index (χ0n) is 11.0. The van der Waals surface area contributed by atoms with E-state index in [2.05, 4.69) is 34.7 Å². The Kier molecular flexibility index (Phi) is 2.98. The summed E-state index contributed by atoms with van der Waals surface area (Å²) in [5, 5.41) is 0. The van der Waals surface area contributed by atoms with Crippen LogP contribution in [0, 0.1) is 27.2 Å². The first-order valence-corrected chi connectivity index (χ1v) is 8.57. The summed E-state index contributed by atoms with van der Waals surface area (Å²) in [4.78, 5) is 11.2. The lowest BCUT2D eigenvalue weighted by Gasteiger charge is -2.54. The normalized spacial score (nSPS) is 39.5. The molecule has 0 radical (unpaired) electrons. The second-order valence-electron chi connectivity index (χ2n) is 6.82. The zero-order valence-corrected chi connectivity index (χ0v) is 13.2. The molecule has 0 amide bonds. The van der Waals surface area contributed by atoms with Gasteiger partial charge in [0.15, 0.2) is 6.29 Å². The van der Waals surface area contributed by atoms with E-state index < -0.39 is 0 Å². The molecule has 1 aromatic carbocycles. The molecular formula is C17H19IO. The minimum Gasteiger partial charge on any atom is -0.298 e. The third-order valence-corrected chi connectivity index (χ3v) is 7.02. The highest BCUT2D eigenvalue weighted by Gasteiger charge is 2.48. The molecule has 2 heteroatoms. The Hall–Kier alpha value is -0.380. The second kappa shape index (κ2) is 4.57. The van der Waals surface area contributed by atoms with Crippen molar-refractivity contribution in [1.29, 1.82) is 0 Å². The number of benzene rings is 1. The van der Waals surface area contributed by atoms with Crippen LogP contribution in [0.2, 0.25) is 0 Å². The number of halogens is 1. The quantitative estimate of drug-likeness (QED) is 0.550. The molecule has 4 aliphatic carbocycles. The summed E-state index contributed by atoms with van der Waals surface area (Å²) in [6, 6.07) is 6.31. The van der Waals surface area contributed by atoms with E-state index in [9.17, 15) is 4.79 Å². The smallest absolute Gasteiger partial charge is 0.151 e. The summed E-state index contributed by atoms with van der Waals surface area (Å²) in [5.74, 6) is 4.56. The van der Waals surface area contributed by atoms with Gasteiger partial charge in [0.2, 0.25) is 0 Å². The van der Waals surface area contributed by atoms with Crippen LogP contribution in [0.3, 0.4) is 0 Å². The third kappa shape index (κ3) is 1.90. The van der Waals surface area contributed by atoms with Gasteiger partial charge in [-0.25, -0.2) is 0 Å². The van der Waals surface area contributed by atoms with Crippen molar-refractivity contribution in [3.8, 4) is 0 Å². The standard InChI is InChI=1S/C17H19IO/c18-17-12(9-19)2-1-3-15(17)16-13-5-10-4-11(7-13)8-14(16)6-10/h1-3,9-11,13-14,16H,4-8H2. The number of rotatable bonds is 2. The molecule has 5 rings (SSSR count). The molecule has 0 heterocycles. The van der Waals surface area contributed by atoms with E-state index in [1.165, 1.54) is 41.2 Å². The fraction of sp³-hybridized carbons (Fsp3) is 0.588. The van der Waals surface area contributed by atoms with Crippen LogP contribution in [0.25, 0.3) is 0 Å². The summed E-state index contributed by atoms with van der Waals surface area (Å²) in [7, 11) is 0. The maximum atomic E-state index is 11.2. The maximum absolute atomic E-state index is 11.2. The molecule has 0 spiro atoms. The predicted molar refractivity (Wildman–Crippen MR) is 84.3 cm³/mol. The van der Waals surface area contributed by atoms with Crippen molar-refractivity contribution in [3.63, 3.8) is 0 Å². The summed E-state index contributed by atoms with van der Waals surface area (Å²) in [6.45, 7) is 0. The molecule has 19 heavy (non-hydrogen) atoms. The second-order valence-corrected chi connectivity index (χ2v) is 7.90. The molecule has 0 aromatic heterocycles. The first kappa shape index (κ1) is 12.4. The largest absolute Gasteiger partial charge is 0.298 e. The Morgan fingerprint density at radius 3 is 2.21 bits per heavy atom. The lowest BCUT2D eigenvalue weighted by molar-refractivity contribution is -0.00305. The predicted octanol–water partition coefficient (Wildman–Crippen LogP) is 4.64. The summed E-state index contributed by atoms with van der Waals surface area (Å²) in [5.41, 5.74) is 2.35. The van der Waals surface area contributed by atoms with E-state index in [1.54, 1.807) is 0 Å². The summed E-state index contributed by atoms with van der Waals surface area (Å²) in [6.07, 6.45) is 8.29. The molecule has 1 nitrogen and oxygen atoms in total. The minimum absolute atomic E-state index is 0.736. The van der Waals surface area contributed by atoms with Crippen molar-refractivity contribution < 1.29 is 4.79 Å². The highest BCUT2D eigenvalue weighted by molar-refractivity contribution is 14.1. The fourth-order valence-corrected chi connectivity index (χ4v) is 6.20. The first-order chi connectivity index (χ1) is 9.26. The van der Waals surface area contributed by atoms with Gasteiger partial charge in [0.1, 0.15) is 0 Å². The van der Waals surface area contributed by atoms with E-state index in [4.69, 9.17) is 0 Å². The van der Waals surface area contributed by atoms with Crippen LogP contribution in [0.15, 0.2) is 18.2 Å². The molecule has 0 unspecified atom stereocenters. The average Bonchev–Trinajstić information content (AvgIpc) is 2.39. The van der Waals surface area contributed by atoms with Crippen LogP contribution < -0.4 is 0 Å². The van der Waals surface area contributed by atoms with Gasteiger partial charge in [-0.05, 0) is 89.8 Å². The number of carbonyl (C=O) groups is 1. The average molecular weight is 366 g/mol. The number of aldehydes is 1. The highest BCUT2D eigenvalue weighted by atomic mass is 127. The molecule has 4 bridgehead atoms. The number of hydrogen-bond donors (Lipinski definition) is 0. The number of carbonyl (C=O) groups excluding carboxylic acids is 1. The van der Waals surface area contributed by atoms with Crippen LogP contribution in [-0.2, 0) is 0 Å².